The van der Waals surface area contributed by atoms with E-state index in [9.17, 15) is 14.3 Å². The Morgan fingerprint density at radius 1 is 0.516 bits per heavy atom. The van der Waals surface area contributed by atoms with E-state index >= 15 is 0 Å². The zero-order chi connectivity index (χ0) is 45.5. The molecule has 9 heteroatoms. The fourth-order valence-electron chi connectivity index (χ4n) is 6.67. The minimum atomic E-state index is -4.29. The van der Waals surface area contributed by atoms with Gasteiger partial charge in [0.05, 0.1) is 34.4 Å². The normalized spacial score (nSPS) is 14.2. The van der Waals surface area contributed by atoms with Crippen LogP contribution in [0.1, 0.15) is 200 Å². The number of carbonyl (C=O) groups is 1. The predicted molar refractivity (Wildman–Crippen MR) is 265 cm³/mol. The molecular weight excluding hydrogens is 794 g/mol. The Bertz CT molecular complexity index is 1220. The van der Waals surface area contributed by atoms with Crippen LogP contribution in [0.25, 0.3) is 0 Å². The number of ether oxygens (including phenoxy) is 2. The molecule has 0 saturated carbocycles. The Morgan fingerprint density at radius 3 is 1.40 bits per heavy atom. The molecule has 62 heavy (non-hydrogen) atoms. The first-order chi connectivity index (χ1) is 30.1. The first-order valence-electron chi connectivity index (χ1n) is 25.2. The number of allylic oxidation sites excluding steroid dienone is 12. The quantitative estimate of drug-likeness (QED) is 0.0214. The van der Waals surface area contributed by atoms with Crippen LogP contribution in [0.5, 0.6) is 0 Å². The monoisotopic (exact) mass is 891 g/mol. The van der Waals surface area contributed by atoms with Crippen LogP contribution in [-0.4, -0.2) is 75.6 Å². The molecule has 0 rings (SSSR count). The number of phosphoric acid groups is 1. The number of hydrogen-bond acceptors (Lipinski definition) is 6. The molecule has 0 aromatic carbocycles. The third kappa shape index (κ3) is 49.0. The molecule has 0 aliphatic carbocycles. The van der Waals surface area contributed by atoms with Crippen molar-refractivity contribution >= 4 is 13.8 Å². The van der Waals surface area contributed by atoms with E-state index in [1.165, 1.54) is 96.3 Å². The summed E-state index contributed by atoms with van der Waals surface area (Å²) in [7, 11) is 1.65. The van der Waals surface area contributed by atoms with Crippen LogP contribution in [0.2, 0.25) is 0 Å². The smallest absolute Gasteiger partial charge is 0.457 e. The standard InChI is InChI=1S/C53H96NO7P/c1-6-8-10-12-14-16-18-20-22-24-25-26-27-28-29-30-31-33-35-37-39-41-43-45-48-58-50-52(51-60-62(56,57)59-49-47-54(3,4)5)61-53(55)46-44-42-40-38-36-34-32-23-21-19-17-15-13-11-9-7-2/h8,10,14,16,20,22,25-26,28-29,31,33,52H,6-7,9,11-13,15,17-19,21,23-24,27,30,32,34-51H2,1-5H3/p+1/b10-8-,16-14-,22-20-,26-25-,29-28-,33-31-. The number of rotatable bonds is 46. The summed E-state index contributed by atoms with van der Waals surface area (Å²) in [5, 5.41) is 0. The molecule has 0 aromatic heterocycles. The van der Waals surface area contributed by atoms with E-state index in [0.717, 1.165) is 83.5 Å². The van der Waals surface area contributed by atoms with Crippen molar-refractivity contribution in [3.05, 3.63) is 72.9 Å². The number of phosphoric ester groups is 1. The van der Waals surface area contributed by atoms with Crippen molar-refractivity contribution in [2.45, 2.75) is 206 Å². The zero-order valence-corrected chi connectivity index (χ0v) is 41.7. The second kappa shape index (κ2) is 45.5. The fraction of sp³-hybridized carbons (Fsp3) is 0.755. The van der Waals surface area contributed by atoms with E-state index in [2.05, 4.69) is 86.8 Å². The maximum Gasteiger partial charge on any atom is 0.472 e. The summed E-state index contributed by atoms with van der Waals surface area (Å²) in [6, 6.07) is 0. The van der Waals surface area contributed by atoms with E-state index in [-0.39, 0.29) is 25.8 Å². The number of likely N-dealkylation sites (N-methyl/N-ethyl adjacent to an activating group) is 1. The third-order valence-electron chi connectivity index (χ3n) is 10.5. The lowest BCUT2D eigenvalue weighted by Gasteiger charge is -2.24. The summed E-state index contributed by atoms with van der Waals surface area (Å²) < 4.78 is 35.1. The van der Waals surface area contributed by atoms with Crippen molar-refractivity contribution in [1.29, 1.82) is 0 Å². The molecule has 0 bridgehead atoms. The van der Waals surface area contributed by atoms with Gasteiger partial charge in [-0.3, -0.25) is 13.8 Å². The summed E-state index contributed by atoms with van der Waals surface area (Å²) in [6.07, 6.45) is 59.4. The molecule has 0 fully saturated rings. The molecule has 2 unspecified atom stereocenters. The van der Waals surface area contributed by atoms with Gasteiger partial charge in [-0.15, -0.1) is 0 Å². The van der Waals surface area contributed by atoms with E-state index < -0.39 is 13.9 Å². The highest BCUT2D eigenvalue weighted by Crippen LogP contribution is 2.43. The van der Waals surface area contributed by atoms with Gasteiger partial charge in [-0.1, -0.05) is 202 Å². The molecule has 0 saturated heterocycles. The Balaban J connectivity index is 4.21. The van der Waals surface area contributed by atoms with Crippen molar-refractivity contribution in [2.75, 3.05) is 54.1 Å². The van der Waals surface area contributed by atoms with E-state index in [1.54, 1.807) is 0 Å². The highest BCUT2D eigenvalue weighted by Gasteiger charge is 2.26. The zero-order valence-electron chi connectivity index (χ0n) is 40.8. The molecule has 0 aliphatic heterocycles. The van der Waals surface area contributed by atoms with E-state index in [1.807, 2.05) is 21.1 Å². The van der Waals surface area contributed by atoms with Gasteiger partial charge in [0.15, 0.2) is 0 Å². The Morgan fingerprint density at radius 2 is 0.935 bits per heavy atom. The summed E-state index contributed by atoms with van der Waals surface area (Å²) >= 11 is 0. The summed E-state index contributed by atoms with van der Waals surface area (Å²) in [4.78, 5) is 23.0. The van der Waals surface area contributed by atoms with Crippen molar-refractivity contribution in [3.63, 3.8) is 0 Å². The van der Waals surface area contributed by atoms with Crippen molar-refractivity contribution < 1.29 is 37.3 Å². The van der Waals surface area contributed by atoms with Gasteiger partial charge in [0.1, 0.15) is 19.3 Å². The highest BCUT2D eigenvalue weighted by molar-refractivity contribution is 7.47. The summed E-state index contributed by atoms with van der Waals surface area (Å²) in [5.74, 6) is -0.321. The van der Waals surface area contributed by atoms with Crippen LogP contribution in [0, 0.1) is 0 Å². The minimum Gasteiger partial charge on any atom is -0.457 e. The largest absolute Gasteiger partial charge is 0.472 e. The molecular formula is C53H97NO7P+. The topological polar surface area (TPSA) is 91.3 Å². The van der Waals surface area contributed by atoms with Crippen molar-refractivity contribution in [1.82, 2.24) is 0 Å². The lowest BCUT2D eigenvalue weighted by atomic mass is 10.0. The maximum absolute atomic E-state index is 12.7. The van der Waals surface area contributed by atoms with Gasteiger partial charge in [-0.2, -0.15) is 0 Å². The lowest BCUT2D eigenvalue weighted by Crippen LogP contribution is -2.37. The Labute approximate surface area is 383 Å². The number of unbranched alkanes of at least 4 members (excludes halogenated alkanes) is 20. The minimum absolute atomic E-state index is 0.0822. The molecule has 360 valence electrons. The van der Waals surface area contributed by atoms with Crippen LogP contribution >= 0.6 is 7.82 Å². The van der Waals surface area contributed by atoms with Gasteiger partial charge >= 0.3 is 13.8 Å². The van der Waals surface area contributed by atoms with Gasteiger partial charge in [-0.25, -0.2) is 4.57 Å². The molecule has 0 spiro atoms. The number of carbonyl (C=O) groups excluding carboxylic acids is 1. The number of quaternary nitrogens is 1. The molecule has 2 atom stereocenters. The number of hydrogen-bond donors (Lipinski definition) is 1. The van der Waals surface area contributed by atoms with Gasteiger partial charge in [0.2, 0.25) is 0 Å². The summed E-state index contributed by atoms with van der Waals surface area (Å²) in [5.41, 5.74) is 0. The Kier molecular flexibility index (Phi) is 44.0. The average molecular weight is 891 g/mol. The number of esters is 1. The molecule has 0 amide bonds. The second-order valence-electron chi connectivity index (χ2n) is 17.8. The SMILES string of the molecule is CC/C=C\C/C=C\C/C=C\C/C=C\C/C=C\C/C=C\CCCCCCCOCC(COP(=O)(O)OCC[N+](C)(C)C)OC(=O)CCCCCCCCCCCCCCCCCC. The molecule has 0 aliphatic rings. The van der Waals surface area contributed by atoms with Crippen LogP contribution in [0.15, 0.2) is 72.9 Å². The van der Waals surface area contributed by atoms with E-state index in [0.29, 0.717) is 24.1 Å². The van der Waals surface area contributed by atoms with Crippen molar-refractivity contribution in [2.24, 2.45) is 0 Å². The van der Waals surface area contributed by atoms with Crippen LogP contribution in [-0.2, 0) is 27.9 Å². The van der Waals surface area contributed by atoms with Gasteiger partial charge < -0.3 is 18.9 Å². The third-order valence-corrected chi connectivity index (χ3v) is 11.5. The van der Waals surface area contributed by atoms with Gasteiger partial charge in [0, 0.05) is 13.0 Å². The molecule has 8 nitrogen and oxygen atoms in total. The first kappa shape index (κ1) is 59.9. The fourth-order valence-corrected chi connectivity index (χ4v) is 7.42. The van der Waals surface area contributed by atoms with Crippen molar-refractivity contribution in [3.8, 4) is 0 Å². The molecule has 0 heterocycles. The predicted octanol–water partition coefficient (Wildman–Crippen LogP) is 15.4. The van der Waals surface area contributed by atoms with Crippen LogP contribution in [0.3, 0.4) is 0 Å². The van der Waals surface area contributed by atoms with E-state index in [4.69, 9.17) is 18.5 Å². The molecule has 1 N–H and O–H groups in total. The number of nitrogens with zero attached hydrogens (tertiary/aromatic N) is 1. The van der Waals surface area contributed by atoms with Crippen LogP contribution in [0.4, 0.5) is 0 Å². The molecule has 0 aromatic rings. The lowest BCUT2D eigenvalue weighted by molar-refractivity contribution is -0.870. The maximum atomic E-state index is 12.7. The van der Waals surface area contributed by atoms with Crippen LogP contribution < -0.4 is 0 Å². The van der Waals surface area contributed by atoms with Gasteiger partial charge in [-0.05, 0) is 64.2 Å². The first-order valence-corrected chi connectivity index (χ1v) is 26.7. The van der Waals surface area contributed by atoms with Gasteiger partial charge in [0.25, 0.3) is 0 Å². The molecule has 0 radical (unpaired) electrons. The summed E-state index contributed by atoms with van der Waals surface area (Å²) in [6.45, 7) is 5.47. The highest BCUT2D eigenvalue weighted by atomic mass is 31.2. The average Bonchev–Trinajstić information content (AvgIpc) is 3.23. The second-order valence-corrected chi connectivity index (χ2v) is 19.3. The Hall–Kier alpha value is -2.06.